The van der Waals surface area contributed by atoms with Gasteiger partial charge >= 0.3 is 0 Å². The van der Waals surface area contributed by atoms with Crippen LogP contribution < -0.4 is 16.0 Å². The SMILES string of the molecule is CCNC(C)C(=O)NC(C(=O)N1Cc2ccccc2[C@H]1C(=O)Nc1c(Cl)cccc1Cl)C(C)C. The monoisotopic (exact) mass is 504 g/mol. The second-order valence-corrected chi connectivity index (χ2v) is 9.48. The number of benzene rings is 2. The van der Waals surface area contributed by atoms with E-state index in [4.69, 9.17) is 23.2 Å². The maximum atomic E-state index is 13.7. The van der Waals surface area contributed by atoms with E-state index in [1.165, 1.54) is 4.90 Å². The van der Waals surface area contributed by atoms with E-state index in [1.54, 1.807) is 25.1 Å². The number of nitrogens with one attached hydrogen (secondary N) is 3. The summed E-state index contributed by atoms with van der Waals surface area (Å²) in [7, 11) is 0. The first-order chi connectivity index (χ1) is 16.1. The van der Waals surface area contributed by atoms with Crippen LogP contribution in [0.25, 0.3) is 0 Å². The minimum Gasteiger partial charge on any atom is -0.343 e. The van der Waals surface area contributed by atoms with E-state index in [1.807, 2.05) is 45.0 Å². The summed E-state index contributed by atoms with van der Waals surface area (Å²) in [6.45, 7) is 8.26. The molecular weight excluding hydrogens is 475 g/mol. The van der Waals surface area contributed by atoms with Gasteiger partial charge < -0.3 is 20.9 Å². The largest absolute Gasteiger partial charge is 0.343 e. The lowest BCUT2D eigenvalue weighted by Crippen LogP contribution is -2.55. The van der Waals surface area contributed by atoms with Gasteiger partial charge in [0.25, 0.3) is 5.91 Å². The number of amides is 3. The fourth-order valence-electron chi connectivity index (χ4n) is 4.05. The molecular formula is C25H30Cl2N4O3. The van der Waals surface area contributed by atoms with Crippen molar-refractivity contribution in [3.05, 3.63) is 63.6 Å². The summed E-state index contributed by atoms with van der Waals surface area (Å²) in [6, 6.07) is 10.2. The van der Waals surface area contributed by atoms with Crippen LogP contribution in [0.15, 0.2) is 42.5 Å². The molecule has 0 aliphatic carbocycles. The van der Waals surface area contributed by atoms with Crippen LogP contribution >= 0.6 is 23.2 Å². The lowest BCUT2D eigenvalue weighted by Gasteiger charge is -2.31. The highest BCUT2D eigenvalue weighted by molar-refractivity contribution is 6.39. The molecule has 3 N–H and O–H groups in total. The van der Waals surface area contributed by atoms with Gasteiger partial charge in [-0.25, -0.2) is 0 Å². The Labute approximate surface area is 210 Å². The number of para-hydroxylation sites is 1. The zero-order valence-electron chi connectivity index (χ0n) is 19.7. The normalized spacial score (nSPS) is 16.7. The summed E-state index contributed by atoms with van der Waals surface area (Å²) < 4.78 is 0. The lowest BCUT2D eigenvalue weighted by molar-refractivity contribution is -0.143. The number of carbonyl (C=O) groups is 3. The van der Waals surface area contributed by atoms with Crippen molar-refractivity contribution in [2.45, 2.75) is 52.4 Å². The number of likely N-dealkylation sites (N-methyl/N-ethyl adjacent to an activating group) is 1. The number of halogens is 2. The Balaban J connectivity index is 1.91. The molecule has 2 aromatic rings. The second kappa shape index (κ2) is 11.2. The number of hydrogen-bond acceptors (Lipinski definition) is 4. The minimum absolute atomic E-state index is 0.185. The first-order valence-corrected chi connectivity index (χ1v) is 12.1. The molecule has 1 heterocycles. The molecule has 34 heavy (non-hydrogen) atoms. The fraction of sp³-hybridized carbons (Fsp3) is 0.400. The van der Waals surface area contributed by atoms with E-state index in [9.17, 15) is 14.4 Å². The number of nitrogens with zero attached hydrogens (tertiary/aromatic N) is 1. The number of anilines is 1. The van der Waals surface area contributed by atoms with E-state index in [-0.39, 0.29) is 24.3 Å². The van der Waals surface area contributed by atoms with Crippen molar-refractivity contribution in [3.63, 3.8) is 0 Å². The molecule has 0 saturated carbocycles. The molecule has 0 saturated heterocycles. The molecule has 0 aromatic heterocycles. The molecule has 3 rings (SSSR count). The molecule has 0 fully saturated rings. The van der Waals surface area contributed by atoms with Crippen molar-refractivity contribution in [2.75, 3.05) is 11.9 Å². The Kier molecular flexibility index (Phi) is 8.57. The molecule has 0 spiro atoms. The Morgan fingerprint density at radius 3 is 2.29 bits per heavy atom. The van der Waals surface area contributed by atoms with Gasteiger partial charge in [-0.15, -0.1) is 0 Å². The summed E-state index contributed by atoms with van der Waals surface area (Å²) >= 11 is 12.5. The van der Waals surface area contributed by atoms with Gasteiger partial charge in [0.2, 0.25) is 11.8 Å². The van der Waals surface area contributed by atoms with Crippen LogP contribution in [0.5, 0.6) is 0 Å². The average molecular weight is 505 g/mol. The first-order valence-electron chi connectivity index (χ1n) is 11.3. The molecule has 1 aliphatic heterocycles. The van der Waals surface area contributed by atoms with Crippen LogP contribution in [0, 0.1) is 5.92 Å². The Morgan fingerprint density at radius 1 is 1.03 bits per heavy atom. The maximum absolute atomic E-state index is 13.7. The second-order valence-electron chi connectivity index (χ2n) is 8.66. The molecule has 1 aliphatic rings. The van der Waals surface area contributed by atoms with Crippen molar-refractivity contribution in [1.29, 1.82) is 0 Å². The molecule has 182 valence electrons. The maximum Gasteiger partial charge on any atom is 0.251 e. The molecule has 0 radical (unpaired) electrons. The van der Waals surface area contributed by atoms with Crippen molar-refractivity contribution in [2.24, 2.45) is 5.92 Å². The number of rotatable bonds is 8. The van der Waals surface area contributed by atoms with Crippen LogP contribution in [-0.2, 0) is 20.9 Å². The molecule has 9 heteroatoms. The zero-order chi connectivity index (χ0) is 25.0. The standard InChI is InChI=1S/C25H30Cl2N4O3/c1-5-28-15(4)23(32)29-20(14(2)3)25(34)31-13-16-9-6-7-10-17(16)22(31)24(33)30-21-18(26)11-8-12-19(21)27/h6-12,14-15,20,22,28H,5,13H2,1-4H3,(H,29,32)(H,30,33)/t15?,20?,22-/m0/s1. The molecule has 7 nitrogen and oxygen atoms in total. The smallest absolute Gasteiger partial charge is 0.251 e. The number of hydrogen-bond donors (Lipinski definition) is 3. The fourth-order valence-corrected chi connectivity index (χ4v) is 4.55. The Morgan fingerprint density at radius 2 is 1.68 bits per heavy atom. The highest BCUT2D eigenvalue weighted by Gasteiger charge is 2.42. The predicted molar refractivity (Wildman–Crippen MR) is 135 cm³/mol. The van der Waals surface area contributed by atoms with Crippen molar-refractivity contribution in [1.82, 2.24) is 15.5 Å². The van der Waals surface area contributed by atoms with Gasteiger partial charge in [-0.1, -0.05) is 74.3 Å². The third-order valence-corrected chi connectivity index (χ3v) is 6.51. The topological polar surface area (TPSA) is 90.5 Å². The molecule has 3 amide bonds. The highest BCUT2D eigenvalue weighted by Crippen LogP contribution is 2.37. The van der Waals surface area contributed by atoms with Crippen molar-refractivity contribution >= 4 is 46.6 Å². The van der Waals surface area contributed by atoms with Gasteiger partial charge in [-0.3, -0.25) is 14.4 Å². The Bertz CT molecular complexity index is 1060. The van der Waals surface area contributed by atoms with Gasteiger partial charge in [0, 0.05) is 6.54 Å². The molecule has 2 unspecified atom stereocenters. The minimum atomic E-state index is -0.889. The molecule has 3 atom stereocenters. The summed E-state index contributed by atoms with van der Waals surface area (Å²) in [5.41, 5.74) is 1.89. The summed E-state index contributed by atoms with van der Waals surface area (Å²) in [4.78, 5) is 41.4. The summed E-state index contributed by atoms with van der Waals surface area (Å²) in [5, 5.41) is 9.31. The van der Waals surface area contributed by atoms with Crippen molar-refractivity contribution in [3.8, 4) is 0 Å². The van der Waals surface area contributed by atoms with E-state index >= 15 is 0 Å². The third-order valence-electron chi connectivity index (χ3n) is 5.88. The quantitative estimate of drug-likeness (QED) is 0.503. The van der Waals surface area contributed by atoms with Gasteiger partial charge in [0.05, 0.1) is 21.8 Å². The zero-order valence-corrected chi connectivity index (χ0v) is 21.2. The van der Waals surface area contributed by atoms with Gasteiger partial charge in [-0.2, -0.15) is 0 Å². The van der Waals surface area contributed by atoms with E-state index < -0.39 is 24.0 Å². The summed E-state index contributed by atoms with van der Waals surface area (Å²) in [6.07, 6.45) is 0. The Hall–Kier alpha value is -2.61. The van der Waals surface area contributed by atoms with Crippen molar-refractivity contribution < 1.29 is 14.4 Å². The molecule has 0 bridgehead atoms. The third kappa shape index (κ3) is 5.54. The van der Waals surface area contributed by atoms with E-state index in [2.05, 4.69) is 16.0 Å². The van der Waals surface area contributed by atoms with Crippen LogP contribution in [-0.4, -0.2) is 41.2 Å². The van der Waals surface area contributed by atoms with Gasteiger partial charge in [0.1, 0.15) is 12.1 Å². The van der Waals surface area contributed by atoms with Crippen LogP contribution in [0.3, 0.4) is 0 Å². The highest BCUT2D eigenvalue weighted by atomic mass is 35.5. The first kappa shape index (κ1) is 26.0. The van der Waals surface area contributed by atoms with E-state index in [0.29, 0.717) is 22.3 Å². The summed E-state index contributed by atoms with van der Waals surface area (Å²) in [5.74, 6) is -1.21. The number of fused-ring (bicyclic) bond motifs is 1. The van der Waals surface area contributed by atoms with E-state index in [0.717, 1.165) is 11.1 Å². The average Bonchev–Trinajstić information content (AvgIpc) is 3.19. The van der Waals surface area contributed by atoms with Crippen LogP contribution in [0.1, 0.15) is 44.9 Å². The van der Waals surface area contributed by atoms with Gasteiger partial charge in [0.15, 0.2) is 0 Å². The molecule has 2 aromatic carbocycles. The van der Waals surface area contributed by atoms with Crippen LogP contribution in [0.4, 0.5) is 5.69 Å². The number of carbonyl (C=O) groups excluding carboxylic acids is 3. The van der Waals surface area contributed by atoms with Gasteiger partial charge in [-0.05, 0) is 42.6 Å². The van der Waals surface area contributed by atoms with Crippen LogP contribution in [0.2, 0.25) is 10.0 Å². The lowest BCUT2D eigenvalue weighted by atomic mass is 10.0. The predicted octanol–water partition coefficient (Wildman–Crippen LogP) is 4.15.